The number of rotatable bonds is 46. The van der Waals surface area contributed by atoms with E-state index in [1.54, 1.807) is 0 Å². The third-order valence-corrected chi connectivity index (χ3v) is 14.1. The maximum absolute atomic E-state index is 13.0. The number of aliphatic hydroxyl groups excluding tert-OH is 1. The van der Waals surface area contributed by atoms with Crippen molar-refractivity contribution < 1.29 is 19.4 Å². The van der Waals surface area contributed by atoms with E-state index in [0.29, 0.717) is 37.3 Å². The highest BCUT2D eigenvalue weighted by molar-refractivity contribution is 5.75. The van der Waals surface area contributed by atoms with E-state index >= 15 is 0 Å². The maximum Gasteiger partial charge on any atom is 0.305 e. The van der Waals surface area contributed by atoms with Gasteiger partial charge in [-0.05, 0) is 115 Å². The summed E-state index contributed by atoms with van der Waals surface area (Å²) in [6.07, 6.45) is 43.8. The molecule has 2 atom stereocenters. The van der Waals surface area contributed by atoms with Gasteiger partial charge in [-0.3, -0.25) is 14.5 Å². The molecule has 0 aromatic rings. The van der Waals surface area contributed by atoms with Crippen molar-refractivity contribution in [3.05, 3.63) is 0 Å². The lowest BCUT2D eigenvalue weighted by atomic mass is 9.92. The van der Waals surface area contributed by atoms with Crippen LogP contribution in [0, 0.1) is 11.8 Å². The molecule has 1 aliphatic carbocycles. The second-order valence-corrected chi connectivity index (χ2v) is 20.0. The number of esters is 1. The van der Waals surface area contributed by atoms with Gasteiger partial charge in [0, 0.05) is 38.5 Å². The molecule has 0 saturated heterocycles. The summed E-state index contributed by atoms with van der Waals surface area (Å²) in [5.74, 6) is 1.40. The van der Waals surface area contributed by atoms with Crippen molar-refractivity contribution in [3.63, 3.8) is 0 Å². The van der Waals surface area contributed by atoms with Gasteiger partial charge >= 0.3 is 5.97 Å². The van der Waals surface area contributed by atoms with Gasteiger partial charge in [0.15, 0.2) is 0 Å². The zero-order valence-electron chi connectivity index (χ0n) is 42.5. The first-order chi connectivity index (χ1) is 30.4. The summed E-state index contributed by atoms with van der Waals surface area (Å²) < 4.78 is 5.91. The van der Waals surface area contributed by atoms with E-state index in [2.05, 4.69) is 49.7 Å². The molecule has 1 saturated carbocycles. The minimum Gasteiger partial charge on any atom is -0.465 e. The van der Waals surface area contributed by atoms with Crippen LogP contribution in [0.4, 0.5) is 0 Å². The molecule has 62 heavy (non-hydrogen) atoms. The standard InChI is InChI=1S/C55H109N3O4/c1-6-11-15-19-21-27-34-50(33-25-17-13-8-3)48-56-54(60)37-29-23-31-44-57(46-47-58(43-10-5)52-39-41-53(59)42-40-52)45-32-24-30-38-55(61)62-49-51(35-26-18-14-9-4)36-28-22-20-16-12-7-2/h50-53,59H,6-49H2,1-5H3,(H,56,60). The lowest BCUT2D eigenvalue weighted by Crippen LogP contribution is -2.44. The van der Waals surface area contributed by atoms with Crippen molar-refractivity contribution in [1.82, 2.24) is 15.1 Å². The van der Waals surface area contributed by atoms with Crippen molar-refractivity contribution in [1.29, 1.82) is 0 Å². The number of nitrogens with one attached hydrogen (secondary N) is 1. The number of carbonyl (C=O) groups is 2. The maximum atomic E-state index is 13.0. The monoisotopic (exact) mass is 876 g/mol. The molecule has 0 aromatic carbocycles. The Kier molecular flexibility index (Phi) is 41.5. The fourth-order valence-electron chi connectivity index (χ4n) is 9.81. The Morgan fingerprint density at radius 2 is 0.952 bits per heavy atom. The van der Waals surface area contributed by atoms with E-state index < -0.39 is 0 Å². The van der Waals surface area contributed by atoms with Crippen LogP contribution in [0.1, 0.15) is 272 Å². The van der Waals surface area contributed by atoms with Crippen LogP contribution in [0.25, 0.3) is 0 Å². The van der Waals surface area contributed by atoms with Gasteiger partial charge < -0.3 is 20.1 Å². The van der Waals surface area contributed by atoms with Crippen molar-refractivity contribution >= 4 is 11.9 Å². The van der Waals surface area contributed by atoms with E-state index in [0.717, 1.165) is 110 Å². The Bertz CT molecular complexity index is 914. The number of carbonyl (C=O) groups excluding carboxylic acids is 2. The average Bonchev–Trinajstić information content (AvgIpc) is 3.27. The molecule has 7 heteroatoms. The predicted molar refractivity (Wildman–Crippen MR) is 268 cm³/mol. The number of nitrogens with zero attached hydrogens (tertiary/aromatic N) is 2. The van der Waals surface area contributed by atoms with Gasteiger partial charge in [-0.15, -0.1) is 0 Å². The zero-order valence-corrected chi connectivity index (χ0v) is 42.5. The van der Waals surface area contributed by atoms with E-state index in [4.69, 9.17) is 4.74 Å². The van der Waals surface area contributed by atoms with E-state index in [-0.39, 0.29) is 18.0 Å². The minimum atomic E-state index is -0.116. The summed E-state index contributed by atoms with van der Waals surface area (Å²) in [6, 6.07) is 0.591. The fourth-order valence-corrected chi connectivity index (χ4v) is 9.81. The van der Waals surface area contributed by atoms with Crippen LogP contribution in [-0.2, 0) is 14.3 Å². The second kappa shape index (κ2) is 43.7. The SMILES string of the molecule is CCCCCCCCC(CCCCCC)CNC(=O)CCCCCN(CCCCCC(=O)OCC(CCCCCC)CCCCCCCC)CCN(CCC)C1CCC(O)CC1. The van der Waals surface area contributed by atoms with Crippen molar-refractivity contribution in [3.8, 4) is 0 Å². The van der Waals surface area contributed by atoms with Gasteiger partial charge in [-0.2, -0.15) is 0 Å². The van der Waals surface area contributed by atoms with Gasteiger partial charge in [-0.1, -0.05) is 176 Å². The van der Waals surface area contributed by atoms with Crippen LogP contribution in [0.5, 0.6) is 0 Å². The van der Waals surface area contributed by atoms with Crippen LogP contribution >= 0.6 is 0 Å². The molecule has 0 aliphatic heterocycles. The number of unbranched alkanes of at least 4 members (excludes halogenated alkanes) is 20. The summed E-state index contributed by atoms with van der Waals surface area (Å²) in [6.45, 7) is 18.3. The Morgan fingerprint density at radius 1 is 0.500 bits per heavy atom. The van der Waals surface area contributed by atoms with Crippen LogP contribution in [0.3, 0.4) is 0 Å². The molecule has 0 heterocycles. The molecular weight excluding hydrogens is 767 g/mol. The highest BCUT2D eigenvalue weighted by Gasteiger charge is 2.25. The second-order valence-electron chi connectivity index (χ2n) is 20.0. The van der Waals surface area contributed by atoms with Crippen LogP contribution in [0.2, 0.25) is 0 Å². The molecule has 0 spiro atoms. The molecule has 1 aliphatic rings. The molecule has 368 valence electrons. The average molecular weight is 876 g/mol. The first-order valence-electron chi connectivity index (χ1n) is 27.9. The van der Waals surface area contributed by atoms with Gasteiger partial charge in [0.05, 0.1) is 12.7 Å². The molecule has 0 bridgehead atoms. The van der Waals surface area contributed by atoms with Crippen molar-refractivity contribution in [2.24, 2.45) is 11.8 Å². The molecule has 2 N–H and O–H groups in total. The number of ether oxygens (including phenoxy) is 1. The third-order valence-electron chi connectivity index (χ3n) is 14.1. The number of aliphatic hydroxyl groups is 1. The van der Waals surface area contributed by atoms with Crippen LogP contribution < -0.4 is 5.32 Å². The number of hydrogen-bond donors (Lipinski definition) is 2. The van der Waals surface area contributed by atoms with Gasteiger partial charge in [-0.25, -0.2) is 0 Å². The summed E-state index contributed by atoms with van der Waals surface area (Å²) in [5.41, 5.74) is 0. The molecule has 1 amide bonds. The molecule has 7 nitrogen and oxygen atoms in total. The van der Waals surface area contributed by atoms with Crippen molar-refractivity contribution in [2.45, 2.75) is 284 Å². The highest BCUT2D eigenvalue weighted by atomic mass is 16.5. The summed E-state index contributed by atoms with van der Waals surface area (Å²) in [5, 5.41) is 13.5. The van der Waals surface area contributed by atoms with Crippen LogP contribution in [-0.4, -0.2) is 84.8 Å². The quantitative estimate of drug-likeness (QED) is 0.0468. The van der Waals surface area contributed by atoms with E-state index in [9.17, 15) is 14.7 Å². The topological polar surface area (TPSA) is 82.1 Å². The molecule has 2 unspecified atom stereocenters. The fraction of sp³-hybridized carbons (Fsp3) is 0.964. The van der Waals surface area contributed by atoms with Gasteiger partial charge in [0.1, 0.15) is 0 Å². The largest absolute Gasteiger partial charge is 0.465 e. The molecule has 0 aromatic heterocycles. The molecular formula is C55H109N3O4. The highest BCUT2D eigenvalue weighted by Crippen LogP contribution is 2.24. The minimum absolute atomic E-state index is 0.000467. The zero-order chi connectivity index (χ0) is 45.1. The molecule has 1 fully saturated rings. The van der Waals surface area contributed by atoms with Crippen LogP contribution in [0.15, 0.2) is 0 Å². The lowest BCUT2D eigenvalue weighted by molar-refractivity contribution is -0.145. The Labute approximate surface area is 387 Å². The van der Waals surface area contributed by atoms with Crippen molar-refractivity contribution in [2.75, 3.05) is 45.9 Å². The third kappa shape index (κ3) is 35.1. The van der Waals surface area contributed by atoms with E-state index in [1.165, 1.54) is 154 Å². The number of amides is 1. The Hall–Kier alpha value is -1.18. The predicted octanol–water partition coefficient (Wildman–Crippen LogP) is 14.8. The number of hydrogen-bond acceptors (Lipinski definition) is 6. The Balaban J connectivity index is 2.57. The first kappa shape index (κ1) is 58.8. The summed E-state index contributed by atoms with van der Waals surface area (Å²) >= 11 is 0. The summed E-state index contributed by atoms with van der Waals surface area (Å²) in [4.78, 5) is 31.2. The molecule has 0 radical (unpaired) electrons. The Morgan fingerprint density at radius 3 is 1.47 bits per heavy atom. The summed E-state index contributed by atoms with van der Waals surface area (Å²) in [7, 11) is 0. The lowest BCUT2D eigenvalue weighted by Gasteiger charge is -2.37. The van der Waals surface area contributed by atoms with Gasteiger partial charge in [0.2, 0.25) is 5.91 Å². The first-order valence-corrected chi connectivity index (χ1v) is 27.9. The smallest absolute Gasteiger partial charge is 0.305 e. The normalized spacial score (nSPS) is 16.6. The van der Waals surface area contributed by atoms with E-state index in [1.807, 2.05) is 0 Å². The van der Waals surface area contributed by atoms with Gasteiger partial charge in [0.25, 0.3) is 0 Å². The molecule has 1 rings (SSSR count).